The third-order valence-corrected chi connectivity index (χ3v) is 2.63. The maximum atomic E-state index is 7.29. The lowest BCUT2D eigenvalue weighted by molar-refractivity contribution is 0.476. The molecule has 0 spiro atoms. The van der Waals surface area contributed by atoms with E-state index in [0.717, 1.165) is 24.0 Å². The summed E-state index contributed by atoms with van der Waals surface area (Å²) in [6.45, 7) is 6.17. The third-order valence-electron chi connectivity index (χ3n) is 1.60. The molecule has 0 fully saturated rings. The standard InChI is InChI=1S/C7H13N3S/c1-3-10(4-2)7-9-6(8)5-11-7/h8H,3-5H2,1-2H3. The lowest BCUT2D eigenvalue weighted by Gasteiger charge is -2.18. The molecule has 3 nitrogen and oxygen atoms in total. The summed E-state index contributed by atoms with van der Waals surface area (Å²) in [4.78, 5) is 6.29. The van der Waals surface area contributed by atoms with Crippen molar-refractivity contribution in [1.29, 1.82) is 5.41 Å². The first-order valence-corrected chi connectivity index (χ1v) is 4.80. The minimum atomic E-state index is 0.497. The number of nitrogens with zero attached hydrogens (tertiary/aromatic N) is 2. The molecule has 62 valence electrons. The van der Waals surface area contributed by atoms with Gasteiger partial charge in [0.2, 0.25) is 0 Å². The second kappa shape index (κ2) is 3.76. The number of aliphatic imine (C=N–C) groups is 1. The second-order valence-electron chi connectivity index (χ2n) is 2.30. The van der Waals surface area contributed by atoms with E-state index in [9.17, 15) is 0 Å². The molecule has 0 amide bonds. The predicted octanol–water partition coefficient (Wildman–Crippen LogP) is 1.41. The Balaban J connectivity index is 2.58. The van der Waals surface area contributed by atoms with Crippen molar-refractivity contribution in [2.24, 2.45) is 4.99 Å². The molecular weight excluding hydrogens is 158 g/mol. The Hall–Kier alpha value is -0.510. The highest BCUT2D eigenvalue weighted by atomic mass is 32.2. The summed E-state index contributed by atoms with van der Waals surface area (Å²) in [6.07, 6.45) is 0. The van der Waals surface area contributed by atoms with Crippen molar-refractivity contribution in [2.75, 3.05) is 18.8 Å². The van der Waals surface area contributed by atoms with E-state index >= 15 is 0 Å². The first-order valence-electron chi connectivity index (χ1n) is 3.81. The molecule has 0 aromatic heterocycles. The lowest BCUT2D eigenvalue weighted by atomic mass is 10.6. The summed E-state index contributed by atoms with van der Waals surface area (Å²) in [5.41, 5.74) is 0. The van der Waals surface area contributed by atoms with E-state index in [1.54, 1.807) is 11.8 Å². The van der Waals surface area contributed by atoms with Crippen LogP contribution in [0.1, 0.15) is 13.8 Å². The minimum Gasteiger partial charge on any atom is -0.352 e. The maximum absolute atomic E-state index is 7.29. The molecule has 1 N–H and O–H groups in total. The number of amidine groups is 2. The normalized spacial score (nSPS) is 16.9. The fourth-order valence-corrected chi connectivity index (χ4v) is 1.91. The SMILES string of the molecule is CCN(CC)C1=NC(=N)CS1. The molecular formula is C7H13N3S. The summed E-state index contributed by atoms with van der Waals surface area (Å²) >= 11 is 1.66. The van der Waals surface area contributed by atoms with Crippen LogP contribution in [0.2, 0.25) is 0 Å². The number of nitrogens with one attached hydrogen (secondary N) is 1. The van der Waals surface area contributed by atoms with E-state index in [4.69, 9.17) is 5.41 Å². The lowest BCUT2D eigenvalue weighted by Crippen LogP contribution is -2.27. The van der Waals surface area contributed by atoms with Crippen LogP contribution in [0, 0.1) is 5.41 Å². The molecule has 1 heterocycles. The fourth-order valence-electron chi connectivity index (χ4n) is 0.969. The zero-order chi connectivity index (χ0) is 8.27. The van der Waals surface area contributed by atoms with Crippen LogP contribution in [-0.4, -0.2) is 34.7 Å². The Labute approximate surface area is 71.4 Å². The fraction of sp³-hybridized carbons (Fsp3) is 0.714. The number of hydrogen-bond donors (Lipinski definition) is 1. The maximum Gasteiger partial charge on any atom is 0.166 e. The quantitative estimate of drug-likeness (QED) is 0.682. The smallest absolute Gasteiger partial charge is 0.166 e. The second-order valence-corrected chi connectivity index (χ2v) is 3.24. The molecule has 0 aliphatic carbocycles. The summed E-state index contributed by atoms with van der Waals surface area (Å²) < 4.78 is 0. The third kappa shape index (κ3) is 1.96. The van der Waals surface area contributed by atoms with Crippen LogP contribution in [0.3, 0.4) is 0 Å². The van der Waals surface area contributed by atoms with Crippen molar-refractivity contribution in [1.82, 2.24) is 4.90 Å². The van der Waals surface area contributed by atoms with E-state index < -0.39 is 0 Å². The van der Waals surface area contributed by atoms with Crippen LogP contribution in [0.4, 0.5) is 0 Å². The van der Waals surface area contributed by atoms with Crippen molar-refractivity contribution in [3.63, 3.8) is 0 Å². The Morgan fingerprint density at radius 3 is 2.55 bits per heavy atom. The topological polar surface area (TPSA) is 39.5 Å². The van der Waals surface area contributed by atoms with Gasteiger partial charge in [0.1, 0.15) is 5.84 Å². The van der Waals surface area contributed by atoms with E-state index in [2.05, 4.69) is 23.7 Å². The zero-order valence-electron chi connectivity index (χ0n) is 6.92. The number of thioether (sulfide) groups is 1. The summed E-state index contributed by atoms with van der Waals surface area (Å²) in [6, 6.07) is 0. The number of rotatable bonds is 2. The molecule has 4 heteroatoms. The van der Waals surface area contributed by atoms with Gasteiger partial charge >= 0.3 is 0 Å². The molecule has 0 saturated carbocycles. The van der Waals surface area contributed by atoms with Gasteiger partial charge in [-0.25, -0.2) is 4.99 Å². The highest BCUT2D eigenvalue weighted by Gasteiger charge is 2.15. The van der Waals surface area contributed by atoms with Crippen molar-refractivity contribution < 1.29 is 0 Å². The predicted molar refractivity (Wildman–Crippen MR) is 50.5 cm³/mol. The van der Waals surface area contributed by atoms with Gasteiger partial charge in [-0.2, -0.15) is 0 Å². The van der Waals surface area contributed by atoms with Crippen LogP contribution >= 0.6 is 11.8 Å². The summed E-state index contributed by atoms with van der Waals surface area (Å²) in [7, 11) is 0. The van der Waals surface area contributed by atoms with Crippen LogP contribution in [0.15, 0.2) is 4.99 Å². The number of hydrogen-bond acceptors (Lipinski definition) is 3. The van der Waals surface area contributed by atoms with Crippen LogP contribution in [-0.2, 0) is 0 Å². The Morgan fingerprint density at radius 1 is 1.55 bits per heavy atom. The van der Waals surface area contributed by atoms with Gasteiger partial charge in [0, 0.05) is 13.1 Å². The van der Waals surface area contributed by atoms with Gasteiger partial charge in [0.05, 0.1) is 5.75 Å². The molecule has 11 heavy (non-hydrogen) atoms. The molecule has 0 atom stereocenters. The van der Waals surface area contributed by atoms with Crippen molar-refractivity contribution in [3.8, 4) is 0 Å². The van der Waals surface area contributed by atoms with Gasteiger partial charge in [0.15, 0.2) is 5.17 Å². The van der Waals surface area contributed by atoms with Crippen molar-refractivity contribution in [2.45, 2.75) is 13.8 Å². The van der Waals surface area contributed by atoms with Gasteiger partial charge in [-0.1, -0.05) is 11.8 Å². The van der Waals surface area contributed by atoms with E-state index in [1.165, 1.54) is 0 Å². The van der Waals surface area contributed by atoms with Gasteiger partial charge in [-0.05, 0) is 13.8 Å². The van der Waals surface area contributed by atoms with Gasteiger partial charge in [-0.15, -0.1) is 0 Å². The monoisotopic (exact) mass is 171 g/mol. The largest absolute Gasteiger partial charge is 0.352 e. The average molecular weight is 171 g/mol. The molecule has 0 bridgehead atoms. The molecule has 1 rings (SSSR count). The first-order chi connectivity index (χ1) is 5.27. The van der Waals surface area contributed by atoms with Gasteiger partial charge in [-0.3, -0.25) is 5.41 Å². The van der Waals surface area contributed by atoms with E-state index in [-0.39, 0.29) is 0 Å². The molecule has 0 aromatic carbocycles. The van der Waals surface area contributed by atoms with E-state index in [1.807, 2.05) is 0 Å². The highest BCUT2D eigenvalue weighted by Crippen LogP contribution is 2.15. The highest BCUT2D eigenvalue weighted by molar-refractivity contribution is 8.14. The average Bonchev–Trinajstić information content (AvgIpc) is 2.39. The Bertz CT molecular complexity index is 184. The summed E-state index contributed by atoms with van der Waals surface area (Å²) in [5.74, 6) is 1.24. The van der Waals surface area contributed by atoms with Crippen LogP contribution in [0.25, 0.3) is 0 Å². The van der Waals surface area contributed by atoms with E-state index in [0.29, 0.717) is 5.84 Å². The van der Waals surface area contributed by atoms with Crippen molar-refractivity contribution >= 4 is 22.8 Å². The van der Waals surface area contributed by atoms with Crippen molar-refractivity contribution in [3.05, 3.63) is 0 Å². The molecule has 0 aromatic rings. The minimum absolute atomic E-state index is 0.497. The zero-order valence-corrected chi connectivity index (χ0v) is 7.74. The molecule has 0 radical (unpaired) electrons. The molecule has 0 unspecified atom stereocenters. The van der Waals surface area contributed by atoms with Crippen LogP contribution < -0.4 is 0 Å². The molecule has 1 aliphatic heterocycles. The summed E-state index contributed by atoms with van der Waals surface area (Å²) in [5, 5.41) is 8.30. The Morgan fingerprint density at radius 2 is 2.18 bits per heavy atom. The molecule has 1 aliphatic rings. The van der Waals surface area contributed by atoms with Crippen LogP contribution in [0.5, 0.6) is 0 Å². The molecule has 0 saturated heterocycles. The first kappa shape index (κ1) is 8.59. The van der Waals surface area contributed by atoms with Gasteiger partial charge in [0.25, 0.3) is 0 Å². The Kier molecular flexibility index (Phi) is 2.93. The van der Waals surface area contributed by atoms with Gasteiger partial charge < -0.3 is 4.90 Å².